The highest BCUT2D eigenvalue weighted by Gasteiger charge is 2.13. The summed E-state index contributed by atoms with van der Waals surface area (Å²) >= 11 is 0. The number of hydrogen-bond acceptors (Lipinski definition) is 3. The molecular weight excluding hydrogens is 204 g/mol. The van der Waals surface area contributed by atoms with E-state index in [1.165, 1.54) is 0 Å². The summed E-state index contributed by atoms with van der Waals surface area (Å²) in [6, 6.07) is 4.50. The van der Waals surface area contributed by atoms with Crippen molar-refractivity contribution < 1.29 is 9.90 Å². The summed E-state index contributed by atoms with van der Waals surface area (Å²) in [7, 11) is 0. The third kappa shape index (κ3) is 2.84. The first kappa shape index (κ1) is 12.3. The van der Waals surface area contributed by atoms with Crippen LogP contribution in [0.25, 0.3) is 0 Å². The Morgan fingerprint density at radius 2 is 2.38 bits per heavy atom. The van der Waals surface area contributed by atoms with Gasteiger partial charge in [-0.25, -0.2) is 0 Å². The number of phenols is 1. The minimum absolute atomic E-state index is 0.0710. The minimum Gasteiger partial charge on any atom is -0.505 e. The largest absolute Gasteiger partial charge is 0.505 e. The third-order valence-electron chi connectivity index (χ3n) is 2.25. The van der Waals surface area contributed by atoms with Gasteiger partial charge in [0.05, 0.1) is 11.7 Å². The first-order valence-electron chi connectivity index (χ1n) is 5.02. The first-order valence-corrected chi connectivity index (χ1v) is 5.02. The Morgan fingerprint density at radius 3 is 3.00 bits per heavy atom. The Balaban J connectivity index is 2.77. The van der Waals surface area contributed by atoms with Crippen LogP contribution in [0.3, 0.4) is 0 Å². The number of phenolic OH excluding ortho intramolecular Hbond substituents is 1. The Hall–Kier alpha value is -1.81. The summed E-state index contributed by atoms with van der Waals surface area (Å²) in [5.74, 6) is -0.262. The van der Waals surface area contributed by atoms with E-state index in [0.717, 1.165) is 0 Å². The summed E-state index contributed by atoms with van der Waals surface area (Å²) in [5, 5.41) is 12.3. The number of nitrogens with two attached hydrogens (primary N) is 1. The van der Waals surface area contributed by atoms with Crippen LogP contribution in [0.4, 0.5) is 5.69 Å². The van der Waals surface area contributed by atoms with Crippen LogP contribution in [-0.2, 0) is 4.79 Å². The summed E-state index contributed by atoms with van der Waals surface area (Å²) < 4.78 is 0. The fourth-order valence-electron chi connectivity index (χ4n) is 1.27. The lowest BCUT2D eigenvalue weighted by atomic mass is 10.1. The summed E-state index contributed by atoms with van der Waals surface area (Å²) in [4.78, 5) is 11.6. The van der Waals surface area contributed by atoms with Gasteiger partial charge in [0.15, 0.2) is 0 Å². The molecule has 4 heteroatoms. The van der Waals surface area contributed by atoms with Crippen molar-refractivity contribution in [1.82, 2.24) is 0 Å². The van der Waals surface area contributed by atoms with Gasteiger partial charge >= 0.3 is 0 Å². The molecule has 16 heavy (non-hydrogen) atoms. The molecular formula is C12H16N2O2. The molecule has 0 aliphatic carbocycles. The van der Waals surface area contributed by atoms with Gasteiger partial charge in [0.25, 0.3) is 0 Å². The second kappa shape index (κ2) is 5.32. The molecule has 0 saturated heterocycles. The standard InChI is InChI=1S/C12H16N2O2/c1-3-5-9(13)12(16)14-10-7-4-6-8(2)11(10)15/h3-4,6-7,9,15H,1,5,13H2,2H3,(H,14,16). The summed E-state index contributed by atoms with van der Waals surface area (Å²) in [6.45, 7) is 5.27. The van der Waals surface area contributed by atoms with E-state index in [-0.39, 0.29) is 11.7 Å². The van der Waals surface area contributed by atoms with Crippen LogP contribution in [0, 0.1) is 6.92 Å². The molecule has 0 fully saturated rings. The van der Waals surface area contributed by atoms with E-state index in [1.807, 2.05) is 0 Å². The van der Waals surface area contributed by atoms with E-state index in [0.29, 0.717) is 17.7 Å². The van der Waals surface area contributed by atoms with Crippen LogP contribution in [0.1, 0.15) is 12.0 Å². The Labute approximate surface area is 94.8 Å². The quantitative estimate of drug-likeness (QED) is 0.532. The van der Waals surface area contributed by atoms with Gasteiger partial charge in [0, 0.05) is 0 Å². The van der Waals surface area contributed by atoms with E-state index in [2.05, 4.69) is 11.9 Å². The fourth-order valence-corrected chi connectivity index (χ4v) is 1.27. The number of carbonyl (C=O) groups is 1. The van der Waals surface area contributed by atoms with Gasteiger partial charge in [-0.05, 0) is 25.0 Å². The number of benzene rings is 1. The fraction of sp³-hybridized carbons (Fsp3) is 0.250. The highest BCUT2D eigenvalue weighted by atomic mass is 16.3. The number of aryl methyl sites for hydroxylation is 1. The normalized spacial score (nSPS) is 11.9. The first-order chi connectivity index (χ1) is 7.56. The molecule has 0 aromatic heterocycles. The molecule has 0 saturated carbocycles. The molecule has 1 rings (SSSR count). The SMILES string of the molecule is C=CCC(N)C(=O)Nc1cccc(C)c1O. The highest BCUT2D eigenvalue weighted by Crippen LogP contribution is 2.26. The maximum Gasteiger partial charge on any atom is 0.241 e. The van der Waals surface area contributed by atoms with Crippen molar-refractivity contribution in [3.05, 3.63) is 36.4 Å². The monoisotopic (exact) mass is 220 g/mol. The zero-order valence-electron chi connectivity index (χ0n) is 9.23. The van der Waals surface area contributed by atoms with Crippen LogP contribution < -0.4 is 11.1 Å². The lowest BCUT2D eigenvalue weighted by molar-refractivity contribution is -0.117. The van der Waals surface area contributed by atoms with Gasteiger partial charge in [-0.3, -0.25) is 4.79 Å². The van der Waals surface area contributed by atoms with Crippen molar-refractivity contribution in [3.8, 4) is 5.75 Å². The topological polar surface area (TPSA) is 75.4 Å². The second-order valence-corrected chi connectivity index (χ2v) is 3.59. The number of aromatic hydroxyl groups is 1. The predicted molar refractivity (Wildman–Crippen MR) is 64.3 cm³/mol. The van der Waals surface area contributed by atoms with Crippen molar-refractivity contribution in [2.75, 3.05) is 5.32 Å². The van der Waals surface area contributed by atoms with E-state index >= 15 is 0 Å². The molecule has 4 N–H and O–H groups in total. The van der Waals surface area contributed by atoms with Crippen molar-refractivity contribution in [2.45, 2.75) is 19.4 Å². The zero-order valence-corrected chi connectivity index (χ0v) is 9.23. The maximum atomic E-state index is 11.6. The molecule has 1 atom stereocenters. The zero-order chi connectivity index (χ0) is 12.1. The number of rotatable bonds is 4. The van der Waals surface area contributed by atoms with E-state index in [9.17, 15) is 9.90 Å². The van der Waals surface area contributed by atoms with Crippen LogP contribution in [0.5, 0.6) is 5.75 Å². The number of nitrogens with one attached hydrogen (secondary N) is 1. The van der Waals surface area contributed by atoms with Crippen molar-refractivity contribution in [3.63, 3.8) is 0 Å². The van der Waals surface area contributed by atoms with Crippen molar-refractivity contribution in [2.24, 2.45) is 5.73 Å². The minimum atomic E-state index is -0.641. The van der Waals surface area contributed by atoms with Crippen LogP contribution in [0.15, 0.2) is 30.9 Å². The Kier molecular flexibility index (Phi) is 4.08. The molecule has 0 aliphatic rings. The summed E-state index contributed by atoms with van der Waals surface area (Å²) in [6.07, 6.45) is 1.98. The van der Waals surface area contributed by atoms with Gasteiger partial charge in [0.2, 0.25) is 5.91 Å². The van der Waals surface area contributed by atoms with E-state index in [1.54, 1.807) is 31.2 Å². The maximum absolute atomic E-state index is 11.6. The molecule has 1 unspecified atom stereocenters. The molecule has 0 spiro atoms. The number of amides is 1. The molecule has 1 aromatic carbocycles. The number of hydrogen-bond donors (Lipinski definition) is 3. The summed E-state index contributed by atoms with van der Waals surface area (Å²) in [5.41, 5.74) is 6.68. The van der Waals surface area contributed by atoms with Crippen molar-refractivity contribution >= 4 is 11.6 Å². The predicted octanol–water partition coefficient (Wildman–Crippen LogP) is 1.54. The Morgan fingerprint density at radius 1 is 1.69 bits per heavy atom. The molecule has 0 aliphatic heterocycles. The van der Waals surface area contributed by atoms with Crippen molar-refractivity contribution in [1.29, 1.82) is 0 Å². The lowest BCUT2D eigenvalue weighted by Gasteiger charge is -2.12. The number of anilines is 1. The molecule has 0 bridgehead atoms. The van der Waals surface area contributed by atoms with Gasteiger partial charge in [0.1, 0.15) is 5.75 Å². The number of para-hydroxylation sites is 1. The molecule has 86 valence electrons. The highest BCUT2D eigenvalue weighted by molar-refractivity contribution is 5.96. The van der Waals surface area contributed by atoms with Crippen LogP contribution in [0.2, 0.25) is 0 Å². The van der Waals surface area contributed by atoms with Crippen LogP contribution >= 0.6 is 0 Å². The molecule has 0 radical (unpaired) electrons. The lowest BCUT2D eigenvalue weighted by Crippen LogP contribution is -2.35. The Bertz CT molecular complexity index is 402. The molecule has 4 nitrogen and oxygen atoms in total. The average molecular weight is 220 g/mol. The molecule has 1 aromatic rings. The van der Waals surface area contributed by atoms with Gasteiger partial charge in [-0.1, -0.05) is 18.2 Å². The van der Waals surface area contributed by atoms with Crippen LogP contribution in [-0.4, -0.2) is 17.1 Å². The average Bonchev–Trinajstić information content (AvgIpc) is 2.25. The van der Waals surface area contributed by atoms with Gasteiger partial charge in [-0.2, -0.15) is 0 Å². The molecule has 1 amide bonds. The van der Waals surface area contributed by atoms with Gasteiger partial charge < -0.3 is 16.2 Å². The van der Waals surface area contributed by atoms with Gasteiger partial charge in [-0.15, -0.1) is 6.58 Å². The molecule has 0 heterocycles. The third-order valence-corrected chi connectivity index (χ3v) is 2.25. The second-order valence-electron chi connectivity index (χ2n) is 3.59. The van der Waals surface area contributed by atoms with E-state index in [4.69, 9.17) is 5.73 Å². The van der Waals surface area contributed by atoms with E-state index < -0.39 is 6.04 Å². The smallest absolute Gasteiger partial charge is 0.241 e. The number of carbonyl (C=O) groups excluding carboxylic acids is 1.